The fourth-order valence-electron chi connectivity index (χ4n) is 1.47. The minimum Gasteiger partial charge on any atom is -0.307 e. The van der Waals surface area contributed by atoms with Gasteiger partial charge in [0.05, 0.1) is 26.4 Å². The first-order valence-corrected chi connectivity index (χ1v) is 10.6. The second-order valence-electron chi connectivity index (χ2n) is 4.71. The molecule has 1 heterocycles. The summed E-state index contributed by atoms with van der Waals surface area (Å²) in [7, 11) is -7.06. The lowest BCUT2D eigenvalue weighted by molar-refractivity contribution is 0.0769. The van der Waals surface area contributed by atoms with Crippen LogP contribution in [-0.4, -0.2) is 32.8 Å². The number of unbranched alkanes of at least 4 members (excludes halogenated alkanes) is 2. The van der Waals surface area contributed by atoms with Crippen molar-refractivity contribution in [1.82, 2.24) is 0 Å². The SMILES string of the molecule is CCCCOP(=O)(COP1(=O)OCCCO1)OCCCC. The summed E-state index contributed by atoms with van der Waals surface area (Å²) < 4.78 is 50.3. The van der Waals surface area contributed by atoms with Gasteiger partial charge in [0.2, 0.25) is 0 Å². The van der Waals surface area contributed by atoms with Gasteiger partial charge in [-0.1, -0.05) is 26.7 Å². The van der Waals surface area contributed by atoms with Crippen molar-refractivity contribution >= 4 is 15.4 Å². The number of phosphoric acid groups is 1. The van der Waals surface area contributed by atoms with Crippen LogP contribution in [0.5, 0.6) is 0 Å². The Balaban J connectivity index is 2.49. The van der Waals surface area contributed by atoms with Crippen molar-refractivity contribution in [3.05, 3.63) is 0 Å². The minimum atomic E-state index is -3.62. The van der Waals surface area contributed by atoms with Gasteiger partial charge < -0.3 is 9.05 Å². The second-order valence-corrected chi connectivity index (χ2v) is 8.38. The molecule has 0 atom stereocenters. The first-order chi connectivity index (χ1) is 10.0. The maximum atomic E-state index is 12.5. The molecule has 0 radical (unpaired) electrons. The van der Waals surface area contributed by atoms with Crippen LogP contribution in [0.3, 0.4) is 0 Å². The normalized spacial score (nSPS) is 18.8. The van der Waals surface area contributed by atoms with Gasteiger partial charge in [0.15, 0.2) is 6.35 Å². The van der Waals surface area contributed by atoms with Gasteiger partial charge in [0.1, 0.15) is 0 Å². The third-order valence-electron chi connectivity index (χ3n) is 2.73. The van der Waals surface area contributed by atoms with Crippen LogP contribution in [0.4, 0.5) is 0 Å². The lowest BCUT2D eigenvalue weighted by Gasteiger charge is -2.24. The average Bonchev–Trinajstić information content (AvgIpc) is 2.47. The maximum Gasteiger partial charge on any atom is 0.475 e. The highest BCUT2D eigenvalue weighted by molar-refractivity contribution is 7.55. The summed E-state index contributed by atoms with van der Waals surface area (Å²) in [5.74, 6) is 0. The number of hydrogen-bond acceptors (Lipinski definition) is 7. The second kappa shape index (κ2) is 10.1. The van der Waals surface area contributed by atoms with Gasteiger partial charge in [0, 0.05) is 0 Å². The summed E-state index contributed by atoms with van der Waals surface area (Å²) in [6.45, 7) is 5.24. The lowest BCUT2D eigenvalue weighted by atomic mass is 10.4. The summed E-state index contributed by atoms with van der Waals surface area (Å²) in [5.41, 5.74) is 0. The van der Waals surface area contributed by atoms with E-state index in [1.165, 1.54) is 0 Å². The van der Waals surface area contributed by atoms with E-state index in [2.05, 4.69) is 0 Å². The van der Waals surface area contributed by atoms with E-state index in [0.717, 1.165) is 25.7 Å². The van der Waals surface area contributed by atoms with E-state index in [0.29, 0.717) is 32.8 Å². The summed E-state index contributed by atoms with van der Waals surface area (Å²) >= 11 is 0. The molecule has 0 bridgehead atoms. The van der Waals surface area contributed by atoms with Crippen molar-refractivity contribution in [2.24, 2.45) is 0 Å². The Bertz CT molecular complexity index is 351. The molecule has 21 heavy (non-hydrogen) atoms. The topological polar surface area (TPSA) is 80.3 Å². The van der Waals surface area contributed by atoms with E-state index in [-0.39, 0.29) is 0 Å². The molecular formula is C12H26O7P2. The molecule has 0 aromatic rings. The molecule has 0 aromatic heterocycles. The van der Waals surface area contributed by atoms with Crippen molar-refractivity contribution in [2.45, 2.75) is 46.0 Å². The fraction of sp³-hybridized carbons (Fsp3) is 1.00. The van der Waals surface area contributed by atoms with Crippen molar-refractivity contribution in [1.29, 1.82) is 0 Å². The van der Waals surface area contributed by atoms with Crippen molar-refractivity contribution in [3.8, 4) is 0 Å². The largest absolute Gasteiger partial charge is 0.475 e. The van der Waals surface area contributed by atoms with Crippen LogP contribution in [0.15, 0.2) is 0 Å². The predicted octanol–water partition coefficient (Wildman–Crippen LogP) is 4.33. The van der Waals surface area contributed by atoms with Gasteiger partial charge in [-0.15, -0.1) is 0 Å². The highest BCUT2D eigenvalue weighted by Gasteiger charge is 2.35. The van der Waals surface area contributed by atoms with Crippen LogP contribution >= 0.6 is 15.4 Å². The number of rotatable bonds is 11. The quantitative estimate of drug-likeness (QED) is 0.407. The van der Waals surface area contributed by atoms with Gasteiger partial charge in [-0.25, -0.2) is 4.57 Å². The Kier molecular flexibility index (Phi) is 9.30. The molecule has 1 aliphatic rings. The molecule has 126 valence electrons. The fourth-order valence-corrected chi connectivity index (χ4v) is 4.57. The molecular weight excluding hydrogens is 318 g/mol. The molecule has 0 N–H and O–H groups in total. The zero-order chi connectivity index (χ0) is 15.6. The van der Waals surface area contributed by atoms with Crippen molar-refractivity contribution in [2.75, 3.05) is 32.8 Å². The summed E-state index contributed by atoms with van der Waals surface area (Å²) in [4.78, 5) is 0. The van der Waals surface area contributed by atoms with E-state index < -0.39 is 21.8 Å². The van der Waals surface area contributed by atoms with Crippen LogP contribution in [0.25, 0.3) is 0 Å². The molecule has 0 amide bonds. The molecule has 7 nitrogen and oxygen atoms in total. The third-order valence-corrected chi connectivity index (χ3v) is 5.98. The molecule has 0 aromatic carbocycles. The van der Waals surface area contributed by atoms with E-state index >= 15 is 0 Å². The van der Waals surface area contributed by atoms with E-state index in [9.17, 15) is 9.13 Å². The zero-order valence-corrected chi connectivity index (χ0v) is 14.6. The number of phosphoric ester groups is 1. The first kappa shape index (κ1) is 19.3. The Morgan fingerprint density at radius 2 is 1.57 bits per heavy atom. The smallest absolute Gasteiger partial charge is 0.307 e. The van der Waals surface area contributed by atoms with Gasteiger partial charge in [-0.05, 0) is 19.3 Å². The van der Waals surface area contributed by atoms with E-state index in [1.54, 1.807) is 0 Å². The van der Waals surface area contributed by atoms with E-state index in [4.69, 9.17) is 22.6 Å². The van der Waals surface area contributed by atoms with Gasteiger partial charge >= 0.3 is 15.4 Å². The van der Waals surface area contributed by atoms with Crippen LogP contribution in [0, 0.1) is 0 Å². The van der Waals surface area contributed by atoms with Crippen LogP contribution in [-0.2, 0) is 31.7 Å². The molecule has 0 saturated carbocycles. The predicted molar refractivity (Wildman–Crippen MR) is 79.4 cm³/mol. The molecule has 0 unspecified atom stereocenters. The molecule has 0 aliphatic carbocycles. The van der Waals surface area contributed by atoms with Gasteiger partial charge in [-0.3, -0.25) is 18.1 Å². The molecule has 1 fully saturated rings. The monoisotopic (exact) mass is 344 g/mol. The van der Waals surface area contributed by atoms with Gasteiger partial charge in [-0.2, -0.15) is 0 Å². The lowest BCUT2D eigenvalue weighted by Crippen LogP contribution is -2.12. The summed E-state index contributed by atoms with van der Waals surface area (Å²) in [6.07, 6.45) is 3.61. The first-order valence-electron chi connectivity index (χ1n) is 7.45. The Labute approximate surface area is 126 Å². The molecule has 1 aliphatic heterocycles. The zero-order valence-electron chi connectivity index (χ0n) is 12.8. The highest BCUT2D eigenvalue weighted by atomic mass is 31.2. The Hall–Kier alpha value is 0.260. The molecule has 0 spiro atoms. The van der Waals surface area contributed by atoms with Crippen molar-refractivity contribution < 1.29 is 31.7 Å². The third kappa shape index (κ3) is 7.89. The Morgan fingerprint density at radius 3 is 2.05 bits per heavy atom. The van der Waals surface area contributed by atoms with Gasteiger partial charge in [0.25, 0.3) is 0 Å². The minimum absolute atomic E-state index is 0.301. The average molecular weight is 344 g/mol. The molecule has 1 saturated heterocycles. The summed E-state index contributed by atoms with van der Waals surface area (Å²) in [5, 5.41) is 0. The van der Waals surface area contributed by atoms with Crippen LogP contribution in [0.1, 0.15) is 46.0 Å². The molecule has 1 rings (SSSR count). The van der Waals surface area contributed by atoms with Crippen molar-refractivity contribution in [3.63, 3.8) is 0 Å². The van der Waals surface area contributed by atoms with E-state index in [1.807, 2.05) is 13.8 Å². The van der Waals surface area contributed by atoms with Crippen LogP contribution < -0.4 is 0 Å². The molecule has 9 heteroatoms. The maximum absolute atomic E-state index is 12.5. The Morgan fingerprint density at radius 1 is 1.05 bits per heavy atom. The standard InChI is InChI=1S/C12H26O7P2/c1-3-5-8-15-20(13,16-9-6-4-2)12-19-21(14)17-10-7-11-18-21/h3-12H2,1-2H3. The summed E-state index contributed by atoms with van der Waals surface area (Å²) in [6, 6.07) is 0. The number of hydrogen-bond donors (Lipinski definition) is 0. The highest BCUT2D eigenvalue weighted by Crippen LogP contribution is 2.58. The van der Waals surface area contributed by atoms with Crippen LogP contribution in [0.2, 0.25) is 0 Å².